The molecule has 0 saturated carbocycles. The molecule has 0 aliphatic rings. The van der Waals surface area contributed by atoms with E-state index in [1.807, 2.05) is 48.5 Å². The van der Waals surface area contributed by atoms with Crippen LogP contribution < -0.4 is 5.32 Å². The third kappa shape index (κ3) is 3.84. The van der Waals surface area contributed by atoms with Gasteiger partial charge in [-0.3, -0.25) is 0 Å². The molecule has 0 spiro atoms. The van der Waals surface area contributed by atoms with Crippen molar-refractivity contribution in [2.45, 2.75) is 6.18 Å². The van der Waals surface area contributed by atoms with Crippen molar-refractivity contribution >= 4 is 38.3 Å². The molecular weight excluding hydrogens is 431 g/mol. The van der Waals surface area contributed by atoms with Crippen molar-refractivity contribution in [2.75, 3.05) is 5.32 Å². The van der Waals surface area contributed by atoms with E-state index in [2.05, 4.69) is 31.2 Å². The number of para-hydroxylation sites is 1. The first-order valence-corrected chi connectivity index (χ1v) is 9.16. The summed E-state index contributed by atoms with van der Waals surface area (Å²) >= 11 is 3.43. The highest BCUT2D eigenvalue weighted by molar-refractivity contribution is 9.10. The van der Waals surface area contributed by atoms with Gasteiger partial charge in [0.25, 0.3) is 0 Å². The van der Waals surface area contributed by atoms with Gasteiger partial charge in [0.05, 0.1) is 11.1 Å². The van der Waals surface area contributed by atoms with Gasteiger partial charge in [0.15, 0.2) is 5.82 Å². The van der Waals surface area contributed by atoms with Gasteiger partial charge >= 0.3 is 6.18 Å². The van der Waals surface area contributed by atoms with Crippen LogP contribution in [-0.4, -0.2) is 9.97 Å². The molecule has 4 aromatic rings. The second-order valence-electron chi connectivity index (χ2n) is 6.13. The molecule has 4 rings (SSSR count). The van der Waals surface area contributed by atoms with Crippen molar-refractivity contribution in [3.8, 4) is 11.4 Å². The van der Waals surface area contributed by atoms with E-state index in [-0.39, 0.29) is 0 Å². The van der Waals surface area contributed by atoms with Gasteiger partial charge in [0.1, 0.15) is 5.82 Å². The van der Waals surface area contributed by atoms with E-state index in [4.69, 9.17) is 0 Å². The van der Waals surface area contributed by atoms with Crippen molar-refractivity contribution in [1.82, 2.24) is 9.97 Å². The number of aromatic nitrogens is 2. The highest BCUT2D eigenvalue weighted by atomic mass is 79.9. The molecule has 1 heterocycles. The topological polar surface area (TPSA) is 37.8 Å². The molecule has 0 amide bonds. The van der Waals surface area contributed by atoms with Crippen LogP contribution in [0.15, 0.2) is 77.3 Å². The molecule has 0 bridgehead atoms. The summed E-state index contributed by atoms with van der Waals surface area (Å²) in [5, 5.41) is 3.74. The lowest BCUT2D eigenvalue weighted by Crippen LogP contribution is -2.05. The molecule has 0 saturated heterocycles. The van der Waals surface area contributed by atoms with E-state index in [9.17, 15) is 13.2 Å². The van der Waals surface area contributed by atoms with Crippen LogP contribution in [-0.2, 0) is 6.18 Å². The second-order valence-corrected chi connectivity index (χ2v) is 7.04. The molecule has 3 aromatic carbocycles. The van der Waals surface area contributed by atoms with Crippen LogP contribution in [0.3, 0.4) is 0 Å². The standard InChI is InChI=1S/C21H13BrF3N3/c22-15-7-3-5-13(11-15)19-27-18-10-2-1-9-17(18)20(28-19)26-16-8-4-6-14(12-16)21(23,24)25/h1-12H,(H,26,27,28). The molecule has 1 aromatic heterocycles. The first-order chi connectivity index (χ1) is 13.4. The summed E-state index contributed by atoms with van der Waals surface area (Å²) in [5.41, 5.74) is 1.08. The summed E-state index contributed by atoms with van der Waals surface area (Å²) < 4.78 is 40.0. The minimum Gasteiger partial charge on any atom is -0.340 e. The van der Waals surface area contributed by atoms with E-state index < -0.39 is 11.7 Å². The second kappa shape index (κ2) is 7.24. The van der Waals surface area contributed by atoms with E-state index in [0.29, 0.717) is 22.8 Å². The van der Waals surface area contributed by atoms with Gasteiger partial charge in [-0.15, -0.1) is 0 Å². The highest BCUT2D eigenvalue weighted by Crippen LogP contribution is 2.33. The fourth-order valence-corrected chi connectivity index (χ4v) is 3.24. The molecule has 0 fully saturated rings. The fraction of sp³-hybridized carbons (Fsp3) is 0.0476. The van der Waals surface area contributed by atoms with Gasteiger partial charge in [-0.25, -0.2) is 9.97 Å². The summed E-state index contributed by atoms with van der Waals surface area (Å²) in [4.78, 5) is 9.17. The van der Waals surface area contributed by atoms with Crippen LogP contribution in [0.4, 0.5) is 24.7 Å². The Hall–Kier alpha value is -2.93. The summed E-state index contributed by atoms with van der Waals surface area (Å²) in [5.74, 6) is 0.925. The van der Waals surface area contributed by atoms with Crippen molar-refractivity contribution < 1.29 is 13.2 Å². The number of hydrogen-bond donors (Lipinski definition) is 1. The molecule has 28 heavy (non-hydrogen) atoms. The van der Waals surface area contributed by atoms with E-state index in [0.717, 1.165) is 27.6 Å². The summed E-state index contributed by atoms with van der Waals surface area (Å²) in [6.45, 7) is 0. The Labute approximate surface area is 167 Å². The van der Waals surface area contributed by atoms with E-state index >= 15 is 0 Å². The lowest BCUT2D eigenvalue weighted by molar-refractivity contribution is -0.137. The van der Waals surface area contributed by atoms with Gasteiger partial charge in [0.2, 0.25) is 0 Å². The Morgan fingerprint density at radius 3 is 2.39 bits per heavy atom. The molecule has 0 radical (unpaired) electrons. The quantitative estimate of drug-likeness (QED) is 0.377. The van der Waals surface area contributed by atoms with Crippen molar-refractivity contribution in [3.05, 3.63) is 82.8 Å². The summed E-state index contributed by atoms with van der Waals surface area (Å²) in [6.07, 6.45) is -4.41. The SMILES string of the molecule is FC(F)(F)c1cccc(Nc2nc(-c3cccc(Br)c3)nc3ccccc23)c1. The zero-order valence-electron chi connectivity index (χ0n) is 14.3. The maximum atomic E-state index is 13.0. The van der Waals surface area contributed by atoms with Gasteiger partial charge in [-0.2, -0.15) is 13.2 Å². The Morgan fingerprint density at radius 2 is 1.61 bits per heavy atom. The maximum Gasteiger partial charge on any atom is 0.416 e. The molecular formula is C21H13BrF3N3. The largest absolute Gasteiger partial charge is 0.416 e. The monoisotopic (exact) mass is 443 g/mol. The Kier molecular flexibility index (Phi) is 4.77. The van der Waals surface area contributed by atoms with Crippen molar-refractivity contribution in [2.24, 2.45) is 0 Å². The van der Waals surface area contributed by atoms with Gasteiger partial charge < -0.3 is 5.32 Å². The van der Waals surface area contributed by atoms with Gasteiger partial charge in [-0.1, -0.05) is 46.3 Å². The van der Waals surface area contributed by atoms with Crippen LogP contribution >= 0.6 is 15.9 Å². The highest BCUT2D eigenvalue weighted by Gasteiger charge is 2.30. The number of alkyl halides is 3. The number of nitrogens with one attached hydrogen (secondary N) is 1. The third-order valence-electron chi connectivity index (χ3n) is 4.14. The number of rotatable bonds is 3. The predicted octanol–water partition coefficient (Wildman–Crippen LogP) is 6.82. The Bertz CT molecular complexity index is 1160. The lowest BCUT2D eigenvalue weighted by Gasteiger charge is -2.13. The van der Waals surface area contributed by atoms with Crippen LogP contribution in [0.5, 0.6) is 0 Å². The predicted molar refractivity (Wildman–Crippen MR) is 107 cm³/mol. The number of nitrogens with zero attached hydrogens (tertiary/aromatic N) is 2. The minimum atomic E-state index is -4.41. The zero-order valence-corrected chi connectivity index (χ0v) is 15.9. The first-order valence-electron chi connectivity index (χ1n) is 8.37. The average molecular weight is 444 g/mol. The third-order valence-corrected chi connectivity index (χ3v) is 4.63. The molecule has 0 aliphatic heterocycles. The van der Waals surface area contributed by atoms with Crippen molar-refractivity contribution in [3.63, 3.8) is 0 Å². The number of anilines is 2. The molecule has 0 atom stereocenters. The fourth-order valence-electron chi connectivity index (χ4n) is 2.84. The molecule has 0 aliphatic carbocycles. The molecule has 0 unspecified atom stereocenters. The van der Waals surface area contributed by atoms with Crippen molar-refractivity contribution in [1.29, 1.82) is 0 Å². The van der Waals surface area contributed by atoms with Gasteiger partial charge in [-0.05, 0) is 42.5 Å². The zero-order chi connectivity index (χ0) is 19.7. The number of fused-ring (bicyclic) bond motifs is 1. The number of benzene rings is 3. The Balaban J connectivity index is 1.82. The van der Waals surface area contributed by atoms with Crippen LogP contribution in [0.1, 0.15) is 5.56 Å². The molecule has 140 valence electrons. The molecule has 1 N–H and O–H groups in total. The summed E-state index contributed by atoms with van der Waals surface area (Å²) in [7, 11) is 0. The molecule has 3 nitrogen and oxygen atoms in total. The van der Waals surface area contributed by atoms with Gasteiger partial charge in [0, 0.05) is 21.1 Å². The molecule has 7 heteroatoms. The number of hydrogen-bond acceptors (Lipinski definition) is 3. The normalized spacial score (nSPS) is 11.6. The average Bonchev–Trinajstić information content (AvgIpc) is 2.67. The maximum absolute atomic E-state index is 13.0. The van der Waals surface area contributed by atoms with Crippen LogP contribution in [0, 0.1) is 0 Å². The smallest absolute Gasteiger partial charge is 0.340 e. The summed E-state index contributed by atoms with van der Waals surface area (Å²) in [6, 6.07) is 19.9. The van der Waals surface area contributed by atoms with E-state index in [1.165, 1.54) is 6.07 Å². The van der Waals surface area contributed by atoms with E-state index in [1.54, 1.807) is 6.07 Å². The first kappa shape index (κ1) is 18.4. The van der Waals surface area contributed by atoms with Crippen LogP contribution in [0.2, 0.25) is 0 Å². The minimum absolute atomic E-state index is 0.305. The van der Waals surface area contributed by atoms with Crippen LogP contribution in [0.25, 0.3) is 22.3 Å². The number of halogens is 4. The lowest BCUT2D eigenvalue weighted by atomic mass is 10.1. The Morgan fingerprint density at radius 1 is 0.821 bits per heavy atom.